The molecular formula is C18H17N5O. The Labute approximate surface area is 139 Å². The molecule has 0 saturated heterocycles. The average molecular weight is 319 g/mol. The first kappa shape index (κ1) is 14.4. The summed E-state index contributed by atoms with van der Waals surface area (Å²) in [5, 5.41) is 2.30. The quantitative estimate of drug-likeness (QED) is 0.751. The molecule has 0 radical (unpaired) electrons. The van der Waals surface area contributed by atoms with Crippen molar-refractivity contribution in [3.05, 3.63) is 59.3 Å². The van der Waals surface area contributed by atoms with E-state index < -0.39 is 0 Å². The molecule has 1 aliphatic heterocycles. The van der Waals surface area contributed by atoms with E-state index in [9.17, 15) is 4.79 Å². The number of nitrogens with zero attached hydrogens (tertiary/aromatic N) is 3. The largest absolute Gasteiger partial charge is 0.383 e. The summed E-state index contributed by atoms with van der Waals surface area (Å²) >= 11 is 0. The molecule has 0 spiro atoms. The van der Waals surface area contributed by atoms with Gasteiger partial charge in [0.2, 0.25) is 11.9 Å². The molecule has 2 aromatic carbocycles. The van der Waals surface area contributed by atoms with Crippen LogP contribution >= 0.6 is 0 Å². The van der Waals surface area contributed by atoms with Gasteiger partial charge in [0, 0.05) is 5.56 Å². The van der Waals surface area contributed by atoms with Crippen molar-refractivity contribution in [2.45, 2.75) is 19.5 Å². The molecule has 0 aliphatic carbocycles. The third-order valence-corrected chi connectivity index (χ3v) is 4.35. The van der Waals surface area contributed by atoms with E-state index in [0.29, 0.717) is 25.3 Å². The number of anilines is 2. The van der Waals surface area contributed by atoms with Crippen molar-refractivity contribution < 1.29 is 4.79 Å². The van der Waals surface area contributed by atoms with E-state index in [1.165, 1.54) is 5.39 Å². The van der Waals surface area contributed by atoms with Crippen LogP contribution < -0.4 is 11.5 Å². The van der Waals surface area contributed by atoms with Crippen LogP contribution in [-0.4, -0.2) is 20.8 Å². The van der Waals surface area contributed by atoms with Gasteiger partial charge >= 0.3 is 0 Å². The molecule has 3 aromatic rings. The topological polar surface area (TPSA) is 98.1 Å². The van der Waals surface area contributed by atoms with Gasteiger partial charge in [-0.15, -0.1) is 0 Å². The molecule has 0 fully saturated rings. The summed E-state index contributed by atoms with van der Waals surface area (Å²) in [4.78, 5) is 22.5. The number of fused-ring (bicyclic) bond motifs is 2. The van der Waals surface area contributed by atoms with Crippen molar-refractivity contribution in [1.82, 2.24) is 14.9 Å². The lowest BCUT2D eigenvalue weighted by atomic mass is 10.0. The lowest BCUT2D eigenvalue weighted by Crippen LogP contribution is -2.27. The van der Waals surface area contributed by atoms with Crippen LogP contribution in [0.1, 0.15) is 16.8 Å². The minimum atomic E-state index is 0.0428. The first-order valence-corrected chi connectivity index (χ1v) is 7.76. The van der Waals surface area contributed by atoms with Gasteiger partial charge in [-0.05, 0) is 16.3 Å². The van der Waals surface area contributed by atoms with Gasteiger partial charge in [-0.3, -0.25) is 4.79 Å². The Balaban J connectivity index is 1.53. The molecule has 6 heteroatoms. The number of amides is 1. The van der Waals surface area contributed by atoms with Crippen molar-refractivity contribution in [2.24, 2.45) is 0 Å². The molecule has 0 atom stereocenters. The lowest BCUT2D eigenvalue weighted by molar-refractivity contribution is -0.131. The first-order chi connectivity index (χ1) is 11.6. The highest BCUT2D eigenvalue weighted by molar-refractivity contribution is 5.85. The van der Waals surface area contributed by atoms with Gasteiger partial charge < -0.3 is 16.4 Å². The van der Waals surface area contributed by atoms with Gasteiger partial charge in [0.25, 0.3) is 0 Å². The standard InChI is InChI=1S/C18H17N5O/c19-17-14-9-23(10-15(14)21-18(20)22-17)16(24)8-11-5-6-12-3-1-2-4-13(12)7-11/h1-7H,8-10H2,(H4,19,20,21,22). The highest BCUT2D eigenvalue weighted by Crippen LogP contribution is 2.26. The van der Waals surface area contributed by atoms with E-state index >= 15 is 0 Å². The molecule has 4 rings (SSSR count). The van der Waals surface area contributed by atoms with Gasteiger partial charge in [-0.1, -0.05) is 42.5 Å². The number of benzene rings is 2. The number of carbonyl (C=O) groups is 1. The summed E-state index contributed by atoms with van der Waals surface area (Å²) in [5.74, 6) is 0.551. The fourth-order valence-electron chi connectivity index (χ4n) is 3.11. The van der Waals surface area contributed by atoms with Crippen LogP contribution in [0, 0.1) is 0 Å². The molecule has 0 saturated carbocycles. The van der Waals surface area contributed by atoms with Crippen molar-refractivity contribution in [1.29, 1.82) is 0 Å². The summed E-state index contributed by atoms with van der Waals surface area (Å²) in [6.07, 6.45) is 0.349. The van der Waals surface area contributed by atoms with Gasteiger partial charge in [0.1, 0.15) is 5.82 Å². The van der Waals surface area contributed by atoms with E-state index in [1.807, 2.05) is 30.3 Å². The van der Waals surface area contributed by atoms with Gasteiger partial charge in [-0.2, -0.15) is 4.98 Å². The molecule has 0 bridgehead atoms. The summed E-state index contributed by atoms with van der Waals surface area (Å²) in [5.41, 5.74) is 14.0. The first-order valence-electron chi connectivity index (χ1n) is 7.76. The zero-order chi connectivity index (χ0) is 16.7. The zero-order valence-corrected chi connectivity index (χ0v) is 13.1. The predicted octanol–water partition coefficient (Wildman–Crippen LogP) is 1.88. The Hall–Kier alpha value is -3.15. The number of hydrogen-bond donors (Lipinski definition) is 2. The summed E-state index contributed by atoms with van der Waals surface area (Å²) in [6.45, 7) is 0.868. The molecule has 1 aliphatic rings. The molecule has 1 amide bonds. The van der Waals surface area contributed by atoms with Crippen LogP contribution in [0.2, 0.25) is 0 Å². The maximum atomic E-state index is 12.6. The number of nitrogens with two attached hydrogens (primary N) is 2. The van der Waals surface area contributed by atoms with Crippen molar-refractivity contribution in [2.75, 3.05) is 11.5 Å². The average Bonchev–Trinajstić information content (AvgIpc) is 2.99. The molecular weight excluding hydrogens is 302 g/mol. The predicted molar refractivity (Wildman–Crippen MR) is 92.8 cm³/mol. The molecule has 6 nitrogen and oxygen atoms in total. The fourth-order valence-corrected chi connectivity index (χ4v) is 3.11. The third-order valence-electron chi connectivity index (χ3n) is 4.35. The lowest BCUT2D eigenvalue weighted by Gasteiger charge is -2.15. The second kappa shape index (κ2) is 5.49. The SMILES string of the molecule is Nc1nc(N)c2c(n1)CN(C(=O)Cc1ccc3ccccc3c1)C2. The monoisotopic (exact) mass is 319 g/mol. The highest BCUT2D eigenvalue weighted by Gasteiger charge is 2.27. The number of rotatable bonds is 2. The van der Waals surface area contributed by atoms with E-state index in [2.05, 4.69) is 22.1 Å². The Morgan fingerprint density at radius 3 is 2.67 bits per heavy atom. The van der Waals surface area contributed by atoms with E-state index in [4.69, 9.17) is 11.5 Å². The Morgan fingerprint density at radius 1 is 1.04 bits per heavy atom. The summed E-state index contributed by atoms with van der Waals surface area (Å²) in [7, 11) is 0. The number of aromatic nitrogens is 2. The fraction of sp³-hybridized carbons (Fsp3) is 0.167. The summed E-state index contributed by atoms with van der Waals surface area (Å²) in [6, 6.07) is 14.2. The minimum Gasteiger partial charge on any atom is -0.383 e. The van der Waals surface area contributed by atoms with Crippen LogP contribution in [-0.2, 0) is 24.3 Å². The van der Waals surface area contributed by atoms with Crippen LogP contribution in [0.15, 0.2) is 42.5 Å². The molecule has 4 N–H and O–H groups in total. The normalized spacial score (nSPS) is 13.2. The Kier molecular flexibility index (Phi) is 3.30. The number of nitrogen functional groups attached to an aromatic ring is 2. The second-order valence-corrected chi connectivity index (χ2v) is 6.00. The van der Waals surface area contributed by atoms with Crippen molar-refractivity contribution >= 4 is 28.4 Å². The van der Waals surface area contributed by atoms with Crippen LogP contribution in [0.3, 0.4) is 0 Å². The van der Waals surface area contributed by atoms with Crippen molar-refractivity contribution in [3.8, 4) is 0 Å². The Bertz CT molecular complexity index is 953. The Morgan fingerprint density at radius 2 is 1.83 bits per heavy atom. The molecule has 2 heterocycles. The van der Waals surface area contributed by atoms with Gasteiger partial charge in [-0.25, -0.2) is 4.98 Å². The molecule has 120 valence electrons. The minimum absolute atomic E-state index is 0.0428. The van der Waals surface area contributed by atoms with Crippen LogP contribution in [0.25, 0.3) is 10.8 Å². The maximum absolute atomic E-state index is 12.6. The number of hydrogen-bond acceptors (Lipinski definition) is 5. The highest BCUT2D eigenvalue weighted by atomic mass is 16.2. The van der Waals surface area contributed by atoms with Gasteiger partial charge in [0.05, 0.1) is 25.2 Å². The van der Waals surface area contributed by atoms with Crippen LogP contribution in [0.5, 0.6) is 0 Å². The third kappa shape index (κ3) is 2.52. The molecule has 1 aromatic heterocycles. The van der Waals surface area contributed by atoms with E-state index in [1.54, 1.807) is 4.90 Å². The number of carbonyl (C=O) groups excluding carboxylic acids is 1. The second-order valence-electron chi connectivity index (χ2n) is 6.00. The smallest absolute Gasteiger partial charge is 0.227 e. The molecule has 0 unspecified atom stereocenters. The van der Waals surface area contributed by atoms with Gasteiger partial charge in [0.15, 0.2) is 0 Å². The van der Waals surface area contributed by atoms with Crippen LogP contribution in [0.4, 0.5) is 11.8 Å². The molecule has 24 heavy (non-hydrogen) atoms. The van der Waals surface area contributed by atoms with E-state index in [-0.39, 0.29) is 11.9 Å². The van der Waals surface area contributed by atoms with Crippen molar-refractivity contribution in [3.63, 3.8) is 0 Å². The van der Waals surface area contributed by atoms with E-state index in [0.717, 1.165) is 22.2 Å². The maximum Gasteiger partial charge on any atom is 0.227 e. The summed E-state index contributed by atoms with van der Waals surface area (Å²) < 4.78 is 0. The zero-order valence-electron chi connectivity index (χ0n) is 13.1.